The number of halogens is 2. The van der Waals surface area contributed by atoms with Crippen molar-refractivity contribution in [3.8, 4) is 0 Å². The Hall–Kier alpha value is -0.360. The average molecular weight is 300 g/mol. The Morgan fingerprint density at radius 2 is 2.06 bits per heavy atom. The molecule has 0 saturated carbocycles. The molecule has 4 nitrogen and oxygen atoms in total. The van der Waals surface area contributed by atoms with Crippen molar-refractivity contribution in [3.05, 3.63) is 15.6 Å². The summed E-state index contributed by atoms with van der Waals surface area (Å²) < 4.78 is 0. The molecule has 0 radical (unpaired) electrons. The van der Waals surface area contributed by atoms with Gasteiger partial charge in [-0.05, 0) is 13.8 Å². The second-order valence-corrected chi connectivity index (χ2v) is 4.88. The predicted molar refractivity (Wildman–Crippen MR) is 76.1 cm³/mol. The van der Waals surface area contributed by atoms with Gasteiger partial charge in [-0.3, -0.25) is 4.79 Å². The number of hydrogen-bond donors (Lipinski definition) is 2. The third-order valence-electron chi connectivity index (χ3n) is 2.22. The highest BCUT2D eigenvalue weighted by Gasteiger charge is 2.11. The lowest BCUT2D eigenvalue weighted by Gasteiger charge is -2.08. The SMILES string of the molecule is Cc1nc(C)c(CNC(=O)C(C)CN)s1.Cl.Cl. The van der Waals surface area contributed by atoms with Gasteiger partial charge in [0.05, 0.1) is 17.2 Å². The second kappa shape index (κ2) is 8.69. The van der Waals surface area contributed by atoms with Gasteiger partial charge in [-0.1, -0.05) is 6.92 Å². The van der Waals surface area contributed by atoms with Gasteiger partial charge < -0.3 is 11.1 Å². The molecular formula is C10H19Cl2N3OS. The van der Waals surface area contributed by atoms with Crippen LogP contribution in [0, 0.1) is 19.8 Å². The van der Waals surface area contributed by atoms with E-state index in [9.17, 15) is 4.79 Å². The lowest BCUT2D eigenvalue weighted by atomic mass is 10.2. The van der Waals surface area contributed by atoms with E-state index in [0.717, 1.165) is 15.6 Å². The van der Waals surface area contributed by atoms with Gasteiger partial charge in [-0.25, -0.2) is 4.98 Å². The minimum absolute atomic E-state index is 0. The molecule has 1 amide bonds. The molecular weight excluding hydrogens is 281 g/mol. The highest BCUT2D eigenvalue weighted by Crippen LogP contribution is 2.16. The van der Waals surface area contributed by atoms with Gasteiger partial charge in [0.2, 0.25) is 5.91 Å². The molecule has 0 bridgehead atoms. The third-order valence-corrected chi connectivity index (χ3v) is 3.30. The molecule has 0 spiro atoms. The van der Waals surface area contributed by atoms with Crippen LogP contribution < -0.4 is 11.1 Å². The molecule has 0 saturated heterocycles. The van der Waals surface area contributed by atoms with Crippen LogP contribution in [0.1, 0.15) is 22.5 Å². The third kappa shape index (κ3) is 5.68. The molecule has 0 aliphatic heterocycles. The summed E-state index contributed by atoms with van der Waals surface area (Å²) in [6, 6.07) is 0. The molecule has 1 heterocycles. The van der Waals surface area contributed by atoms with E-state index in [1.165, 1.54) is 0 Å². The first-order valence-electron chi connectivity index (χ1n) is 4.95. The smallest absolute Gasteiger partial charge is 0.224 e. The predicted octanol–water partition coefficient (Wildman–Crippen LogP) is 1.81. The molecule has 3 N–H and O–H groups in total. The van der Waals surface area contributed by atoms with Crippen LogP contribution in [0.4, 0.5) is 0 Å². The summed E-state index contributed by atoms with van der Waals surface area (Å²) in [6.07, 6.45) is 0. The number of rotatable bonds is 4. The molecule has 1 atom stereocenters. The van der Waals surface area contributed by atoms with Crippen molar-refractivity contribution in [3.63, 3.8) is 0 Å². The fraction of sp³-hybridized carbons (Fsp3) is 0.600. The lowest BCUT2D eigenvalue weighted by Crippen LogP contribution is -2.32. The fourth-order valence-corrected chi connectivity index (χ4v) is 2.06. The zero-order valence-electron chi connectivity index (χ0n) is 10.1. The van der Waals surface area contributed by atoms with Crippen molar-refractivity contribution in [2.75, 3.05) is 6.54 Å². The normalized spacial score (nSPS) is 11.1. The summed E-state index contributed by atoms with van der Waals surface area (Å²) in [5.74, 6) is -0.123. The molecule has 0 aliphatic rings. The maximum Gasteiger partial charge on any atom is 0.224 e. The Balaban J connectivity index is 0. The molecule has 1 aromatic rings. The number of nitrogens with two attached hydrogens (primary N) is 1. The maximum absolute atomic E-state index is 11.5. The van der Waals surface area contributed by atoms with Gasteiger partial charge in [0, 0.05) is 17.3 Å². The van der Waals surface area contributed by atoms with Gasteiger partial charge >= 0.3 is 0 Å². The summed E-state index contributed by atoms with van der Waals surface area (Å²) in [5, 5.41) is 3.89. The molecule has 100 valence electrons. The molecule has 1 aromatic heterocycles. The van der Waals surface area contributed by atoms with Crippen LogP contribution in [0.5, 0.6) is 0 Å². The van der Waals surface area contributed by atoms with Crippen molar-refractivity contribution < 1.29 is 4.79 Å². The Morgan fingerprint density at radius 3 is 2.47 bits per heavy atom. The molecule has 1 unspecified atom stereocenters. The summed E-state index contributed by atoms with van der Waals surface area (Å²) >= 11 is 1.62. The fourth-order valence-electron chi connectivity index (χ4n) is 1.19. The maximum atomic E-state index is 11.5. The van der Waals surface area contributed by atoms with E-state index in [-0.39, 0.29) is 36.6 Å². The number of carbonyl (C=O) groups excluding carboxylic acids is 1. The largest absolute Gasteiger partial charge is 0.351 e. The summed E-state index contributed by atoms with van der Waals surface area (Å²) in [7, 11) is 0. The highest BCUT2D eigenvalue weighted by atomic mass is 35.5. The van der Waals surface area contributed by atoms with Gasteiger partial charge in [0.1, 0.15) is 0 Å². The van der Waals surface area contributed by atoms with Crippen molar-refractivity contribution in [2.45, 2.75) is 27.3 Å². The number of hydrogen-bond acceptors (Lipinski definition) is 4. The van der Waals surface area contributed by atoms with E-state index in [2.05, 4.69) is 10.3 Å². The summed E-state index contributed by atoms with van der Waals surface area (Å²) in [5.41, 5.74) is 6.40. The number of carbonyl (C=O) groups is 1. The first-order chi connectivity index (χ1) is 7.04. The number of thiazole rings is 1. The van der Waals surface area contributed by atoms with Crippen LogP contribution in [-0.2, 0) is 11.3 Å². The average Bonchev–Trinajstić information content (AvgIpc) is 2.52. The van der Waals surface area contributed by atoms with E-state index in [4.69, 9.17) is 5.73 Å². The second-order valence-electron chi connectivity index (χ2n) is 3.60. The van der Waals surface area contributed by atoms with Crippen molar-refractivity contribution in [2.24, 2.45) is 11.7 Å². The van der Waals surface area contributed by atoms with Crippen molar-refractivity contribution >= 4 is 42.1 Å². The number of aryl methyl sites for hydroxylation is 2. The van der Waals surface area contributed by atoms with Gasteiger partial charge in [0.25, 0.3) is 0 Å². The Morgan fingerprint density at radius 1 is 1.47 bits per heavy atom. The van der Waals surface area contributed by atoms with Crippen LogP contribution >= 0.6 is 36.2 Å². The monoisotopic (exact) mass is 299 g/mol. The van der Waals surface area contributed by atoms with Crippen LogP contribution in [0.2, 0.25) is 0 Å². The Kier molecular flexibility index (Phi) is 9.71. The van der Waals surface area contributed by atoms with Crippen LogP contribution in [0.15, 0.2) is 0 Å². The minimum Gasteiger partial charge on any atom is -0.351 e. The van der Waals surface area contributed by atoms with Crippen LogP contribution in [0.25, 0.3) is 0 Å². The zero-order chi connectivity index (χ0) is 11.4. The van der Waals surface area contributed by atoms with Gasteiger partial charge in [-0.2, -0.15) is 0 Å². The summed E-state index contributed by atoms with van der Waals surface area (Å²) in [4.78, 5) is 16.9. The minimum atomic E-state index is -0.126. The number of amides is 1. The van der Waals surface area contributed by atoms with Crippen molar-refractivity contribution in [1.29, 1.82) is 0 Å². The molecule has 0 aromatic carbocycles. The zero-order valence-corrected chi connectivity index (χ0v) is 12.6. The van der Waals surface area contributed by atoms with Gasteiger partial charge in [0.15, 0.2) is 0 Å². The first kappa shape index (κ1) is 19.0. The molecule has 17 heavy (non-hydrogen) atoms. The van der Waals surface area contributed by atoms with E-state index < -0.39 is 0 Å². The van der Waals surface area contributed by atoms with Gasteiger partial charge in [-0.15, -0.1) is 36.2 Å². The molecule has 1 rings (SSSR count). The van der Waals surface area contributed by atoms with Crippen LogP contribution in [-0.4, -0.2) is 17.4 Å². The number of nitrogens with zero attached hydrogens (tertiary/aromatic N) is 1. The van der Waals surface area contributed by atoms with E-state index in [0.29, 0.717) is 13.1 Å². The van der Waals surface area contributed by atoms with Crippen molar-refractivity contribution in [1.82, 2.24) is 10.3 Å². The summed E-state index contributed by atoms with van der Waals surface area (Å²) in [6.45, 7) is 6.68. The van der Waals surface area contributed by atoms with E-state index >= 15 is 0 Å². The first-order valence-corrected chi connectivity index (χ1v) is 5.77. The highest BCUT2D eigenvalue weighted by molar-refractivity contribution is 7.11. The molecule has 0 aliphatic carbocycles. The Bertz CT molecular complexity index is 357. The molecule has 0 fully saturated rings. The number of nitrogens with one attached hydrogen (secondary N) is 1. The number of aromatic nitrogens is 1. The Labute approximate surface area is 118 Å². The van der Waals surface area contributed by atoms with Crippen LogP contribution in [0.3, 0.4) is 0 Å². The topological polar surface area (TPSA) is 68.0 Å². The van der Waals surface area contributed by atoms with E-state index in [1.54, 1.807) is 11.3 Å². The molecule has 7 heteroatoms. The van der Waals surface area contributed by atoms with E-state index in [1.807, 2.05) is 20.8 Å². The lowest BCUT2D eigenvalue weighted by molar-refractivity contribution is -0.124. The quantitative estimate of drug-likeness (QED) is 0.891. The standard InChI is InChI=1S/C10H17N3OS.2ClH/c1-6(4-11)10(14)12-5-9-7(2)13-8(3)15-9;;/h6H,4-5,11H2,1-3H3,(H,12,14);2*1H.